The maximum atomic E-state index is 13.5. The maximum absolute atomic E-state index is 13.5. The number of hydrogen-bond acceptors (Lipinski definition) is 5. The SMILES string of the molecule is C=C(/C=C(\OC)C1(C(F)(F)F)CC1)NC(=O)Cc1ccc(C2=CNC3C=C(CCCC4CCO[C@@H](C)C4)C(C)=CC3=N2)cc1C. The minimum Gasteiger partial charge on any atom is -0.500 e. The van der Waals surface area contributed by atoms with Crippen LogP contribution in [0.1, 0.15) is 75.5 Å². The van der Waals surface area contributed by atoms with Crippen molar-refractivity contribution in [2.24, 2.45) is 16.3 Å². The number of methoxy groups -OCH3 is 1. The van der Waals surface area contributed by atoms with Crippen molar-refractivity contribution >= 4 is 17.3 Å². The van der Waals surface area contributed by atoms with Crippen LogP contribution in [0, 0.1) is 18.3 Å². The van der Waals surface area contributed by atoms with Gasteiger partial charge in [0.1, 0.15) is 11.2 Å². The van der Waals surface area contributed by atoms with Gasteiger partial charge in [-0.15, -0.1) is 0 Å². The molecule has 1 amide bonds. The minimum absolute atomic E-state index is 0.0364. The second-order valence-corrected chi connectivity index (χ2v) is 12.9. The Morgan fingerprint density at radius 1 is 1.29 bits per heavy atom. The Hall–Kier alpha value is -3.59. The monoisotopic (exact) mass is 623 g/mol. The average molecular weight is 624 g/mol. The highest BCUT2D eigenvalue weighted by atomic mass is 19.4. The molecule has 0 aromatic heterocycles. The maximum Gasteiger partial charge on any atom is 0.401 e. The number of allylic oxidation sites excluding steroid dienone is 4. The molecule has 1 aromatic rings. The number of nitrogens with one attached hydrogen (secondary N) is 2. The van der Waals surface area contributed by atoms with E-state index in [2.05, 4.69) is 43.2 Å². The van der Waals surface area contributed by atoms with Gasteiger partial charge >= 0.3 is 6.18 Å². The first-order valence-electron chi connectivity index (χ1n) is 15.9. The van der Waals surface area contributed by atoms with Gasteiger partial charge in [0.25, 0.3) is 0 Å². The number of halogens is 3. The predicted octanol–water partition coefficient (Wildman–Crippen LogP) is 7.62. The average Bonchev–Trinajstić information content (AvgIpc) is 3.79. The van der Waals surface area contributed by atoms with Crippen molar-refractivity contribution in [3.63, 3.8) is 0 Å². The Bertz CT molecular complexity index is 1480. The lowest BCUT2D eigenvalue weighted by atomic mass is 9.87. The number of fused-ring (bicyclic) bond motifs is 1. The van der Waals surface area contributed by atoms with Gasteiger partial charge in [0.05, 0.1) is 37.1 Å². The number of hydrogen-bond donors (Lipinski definition) is 2. The molecular weight excluding hydrogens is 579 g/mol. The minimum atomic E-state index is -4.41. The second kappa shape index (κ2) is 13.4. The van der Waals surface area contributed by atoms with Crippen molar-refractivity contribution in [3.05, 3.63) is 88.5 Å². The fourth-order valence-electron chi connectivity index (χ4n) is 6.59. The van der Waals surface area contributed by atoms with Crippen molar-refractivity contribution in [3.8, 4) is 0 Å². The molecule has 1 aromatic carbocycles. The molecular formula is C36H44F3N3O3. The number of nitrogens with zero attached hydrogens (tertiary/aromatic N) is 1. The van der Waals surface area contributed by atoms with E-state index in [1.54, 1.807) is 0 Å². The quantitative estimate of drug-likeness (QED) is 0.197. The lowest BCUT2D eigenvalue weighted by Crippen LogP contribution is -2.35. The summed E-state index contributed by atoms with van der Waals surface area (Å²) in [4.78, 5) is 17.7. The van der Waals surface area contributed by atoms with Crippen molar-refractivity contribution in [1.29, 1.82) is 0 Å². The van der Waals surface area contributed by atoms with Crippen LogP contribution in [0.25, 0.3) is 5.70 Å². The Morgan fingerprint density at radius 3 is 2.73 bits per heavy atom. The van der Waals surface area contributed by atoms with Gasteiger partial charge < -0.3 is 20.1 Å². The first kappa shape index (κ1) is 32.8. The van der Waals surface area contributed by atoms with Gasteiger partial charge in [-0.05, 0) is 112 Å². The van der Waals surface area contributed by atoms with E-state index in [0.29, 0.717) is 6.10 Å². The van der Waals surface area contributed by atoms with Crippen LogP contribution in [-0.4, -0.2) is 43.7 Å². The molecule has 0 spiro atoms. The zero-order valence-electron chi connectivity index (χ0n) is 26.7. The molecule has 4 aliphatic rings. The molecule has 0 radical (unpaired) electrons. The van der Waals surface area contributed by atoms with Crippen LogP contribution in [0.15, 0.2) is 76.8 Å². The van der Waals surface area contributed by atoms with Crippen molar-refractivity contribution in [1.82, 2.24) is 10.6 Å². The standard InChI is InChI=1S/C36H44F3N3O3/c1-22-15-29(10-9-28(22)20-34(43)41-24(3)17-33(44-5)35(12-13-35)36(37,38)39)32-21-40-30-19-27(23(2)16-31(30)42-32)8-6-7-26-11-14-45-25(4)18-26/h9-10,15-17,19,21,25-26,30,40H,3,6-8,11-14,18,20H2,1-2,4-5H3,(H,41,43)/b33-17-/t25-,26?,30?/m0/s1. The fraction of sp³-hybridized carbons (Fsp3) is 0.500. The smallest absolute Gasteiger partial charge is 0.401 e. The summed E-state index contributed by atoms with van der Waals surface area (Å²) in [5.74, 6) is 0.164. The Balaban J connectivity index is 1.16. The van der Waals surface area contributed by atoms with Gasteiger partial charge in [-0.2, -0.15) is 13.2 Å². The Kier molecular flexibility index (Phi) is 9.77. The molecule has 6 nitrogen and oxygen atoms in total. The summed E-state index contributed by atoms with van der Waals surface area (Å²) in [5, 5.41) is 6.11. The Labute approximate surface area is 264 Å². The van der Waals surface area contributed by atoms with Crippen LogP contribution < -0.4 is 10.6 Å². The van der Waals surface area contributed by atoms with Crippen LogP contribution in [0.5, 0.6) is 0 Å². The summed E-state index contributed by atoms with van der Waals surface area (Å²) in [6.07, 6.45) is 9.35. The lowest BCUT2D eigenvalue weighted by molar-refractivity contribution is -0.184. The molecule has 2 heterocycles. The molecule has 2 fully saturated rings. The van der Waals surface area contributed by atoms with Gasteiger partial charge in [-0.1, -0.05) is 24.8 Å². The summed E-state index contributed by atoms with van der Waals surface area (Å²) in [6, 6.07) is 5.87. The number of benzene rings is 1. The van der Waals surface area contributed by atoms with Gasteiger partial charge in [0, 0.05) is 24.1 Å². The summed E-state index contributed by atoms with van der Waals surface area (Å²) in [5.41, 5.74) is 5.16. The molecule has 0 bridgehead atoms. The Morgan fingerprint density at radius 2 is 2.07 bits per heavy atom. The van der Waals surface area contributed by atoms with E-state index in [0.717, 1.165) is 59.9 Å². The summed E-state index contributed by atoms with van der Waals surface area (Å²) < 4.78 is 51.2. The molecule has 1 saturated carbocycles. The highest BCUT2D eigenvalue weighted by Gasteiger charge is 2.66. The fourth-order valence-corrected chi connectivity index (χ4v) is 6.59. The number of carbonyl (C=O) groups is 1. The zero-order valence-corrected chi connectivity index (χ0v) is 26.7. The number of amides is 1. The highest BCUT2D eigenvalue weighted by molar-refractivity contribution is 6.06. The first-order chi connectivity index (χ1) is 21.4. The molecule has 45 heavy (non-hydrogen) atoms. The third kappa shape index (κ3) is 7.63. The van der Waals surface area contributed by atoms with E-state index in [4.69, 9.17) is 14.5 Å². The van der Waals surface area contributed by atoms with Gasteiger partial charge in [-0.3, -0.25) is 4.79 Å². The van der Waals surface area contributed by atoms with E-state index in [1.165, 1.54) is 37.2 Å². The van der Waals surface area contributed by atoms with Crippen molar-refractivity contribution in [2.75, 3.05) is 13.7 Å². The molecule has 5 rings (SSSR count). The van der Waals surface area contributed by atoms with Crippen LogP contribution in [-0.2, 0) is 20.7 Å². The number of alkyl halides is 3. The van der Waals surface area contributed by atoms with Crippen LogP contribution in [0.2, 0.25) is 0 Å². The van der Waals surface area contributed by atoms with Crippen molar-refractivity contribution in [2.45, 2.75) is 90.5 Å². The summed E-state index contributed by atoms with van der Waals surface area (Å²) in [7, 11) is 1.20. The zero-order chi connectivity index (χ0) is 32.4. The predicted molar refractivity (Wildman–Crippen MR) is 171 cm³/mol. The molecule has 2 aliphatic carbocycles. The molecule has 2 aliphatic heterocycles. The van der Waals surface area contributed by atoms with Gasteiger partial charge in [0.15, 0.2) is 0 Å². The summed E-state index contributed by atoms with van der Waals surface area (Å²) in [6.45, 7) is 10.9. The van der Waals surface area contributed by atoms with Gasteiger partial charge in [-0.25, -0.2) is 4.99 Å². The molecule has 3 atom stereocenters. The van der Waals surface area contributed by atoms with E-state index in [1.807, 2.05) is 31.3 Å². The molecule has 9 heteroatoms. The third-order valence-corrected chi connectivity index (χ3v) is 9.44. The number of aryl methyl sites for hydroxylation is 1. The normalized spacial score (nSPS) is 24.2. The van der Waals surface area contributed by atoms with E-state index in [9.17, 15) is 18.0 Å². The van der Waals surface area contributed by atoms with Gasteiger partial charge in [0.2, 0.25) is 5.91 Å². The molecule has 2 N–H and O–H groups in total. The molecule has 1 saturated heterocycles. The lowest BCUT2D eigenvalue weighted by Gasteiger charge is -2.28. The molecule has 2 unspecified atom stereocenters. The van der Waals surface area contributed by atoms with E-state index in [-0.39, 0.29) is 42.7 Å². The van der Waals surface area contributed by atoms with E-state index >= 15 is 0 Å². The molecule has 242 valence electrons. The highest BCUT2D eigenvalue weighted by Crippen LogP contribution is 2.62. The number of aliphatic imine (C=N–C) groups is 1. The van der Waals surface area contributed by atoms with E-state index < -0.39 is 11.6 Å². The van der Waals surface area contributed by atoms with Crippen LogP contribution >= 0.6 is 0 Å². The van der Waals surface area contributed by atoms with Crippen LogP contribution in [0.3, 0.4) is 0 Å². The number of ether oxygens (including phenoxy) is 2. The van der Waals surface area contributed by atoms with Crippen molar-refractivity contribution < 1.29 is 27.4 Å². The summed E-state index contributed by atoms with van der Waals surface area (Å²) >= 11 is 0. The third-order valence-electron chi connectivity index (χ3n) is 9.44. The number of carbonyl (C=O) groups excluding carboxylic acids is 1. The largest absolute Gasteiger partial charge is 0.500 e. The van der Waals surface area contributed by atoms with Crippen LogP contribution in [0.4, 0.5) is 13.2 Å². The first-order valence-corrected chi connectivity index (χ1v) is 15.9. The number of rotatable bonds is 11. The second-order valence-electron chi connectivity index (χ2n) is 12.9. The topological polar surface area (TPSA) is 72.0 Å².